The molecule has 6 aliphatic carbocycles. The van der Waals surface area contributed by atoms with Crippen LogP contribution in [-0.4, -0.2) is 9.93 Å². The molecule has 6 aliphatic rings. The van der Waals surface area contributed by atoms with E-state index in [9.17, 15) is 5.11 Å². The SMILES string of the molecule is C[C@@]12[C@@H]3[C@H]4C[C@@H]5[C@@H]([C@@H]4[C@H]1Br)[C@@H]2[C@@](O)(c1ccccc1)[C@@H]53. The highest BCUT2D eigenvalue weighted by atomic mass is 79.9. The van der Waals surface area contributed by atoms with Gasteiger partial charge in [-0.3, -0.25) is 0 Å². The molecule has 0 unspecified atom stereocenters. The van der Waals surface area contributed by atoms with Gasteiger partial charge in [0.25, 0.3) is 0 Å². The van der Waals surface area contributed by atoms with E-state index in [1.807, 2.05) is 0 Å². The van der Waals surface area contributed by atoms with Crippen LogP contribution in [0.25, 0.3) is 0 Å². The number of aliphatic hydroxyl groups is 1. The summed E-state index contributed by atoms with van der Waals surface area (Å²) in [6, 6.07) is 10.6. The number of benzene rings is 1. The third-order valence-corrected chi connectivity index (χ3v) is 9.81. The Labute approximate surface area is 127 Å². The lowest BCUT2D eigenvalue weighted by atomic mass is 9.64. The van der Waals surface area contributed by atoms with Crippen LogP contribution in [-0.2, 0) is 5.60 Å². The van der Waals surface area contributed by atoms with Gasteiger partial charge in [0.05, 0.1) is 5.60 Å². The van der Waals surface area contributed by atoms with Crippen molar-refractivity contribution >= 4 is 15.9 Å². The lowest BCUT2D eigenvalue weighted by Crippen LogP contribution is -2.38. The van der Waals surface area contributed by atoms with Gasteiger partial charge in [-0.25, -0.2) is 0 Å². The summed E-state index contributed by atoms with van der Waals surface area (Å²) in [7, 11) is 0. The number of rotatable bonds is 1. The minimum absolute atomic E-state index is 0.336. The van der Waals surface area contributed by atoms with Crippen LogP contribution in [0.15, 0.2) is 30.3 Å². The van der Waals surface area contributed by atoms with E-state index in [4.69, 9.17) is 0 Å². The molecule has 6 fully saturated rings. The van der Waals surface area contributed by atoms with Gasteiger partial charge < -0.3 is 5.11 Å². The molecule has 1 aromatic rings. The van der Waals surface area contributed by atoms with Crippen molar-refractivity contribution in [2.45, 2.75) is 23.8 Å². The van der Waals surface area contributed by atoms with Crippen LogP contribution in [0.4, 0.5) is 0 Å². The Morgan fingerprint density at radius 3 is 2.50 bits per heavy atom. The molecule has 0 aromatic heterocycles. The maximum Gasteiger partial charge on any atom is 0.0966 e. The summed E-state index contributed by atoms with van der Waals surface area (Å²) in [5.41, 5.74) is 0.990. The highest BCUT2D eigenvalue weighted by Gasteiger charge is 2.91. The minimum atomic E-state index is -0.540. The molecular weight excluding hydrogens is 312 g/mol. The lowest BCUT2D eigenvalue weighted by Gasteiger charge is -2.40. The maximum atomic E-state index is 11.8. The zero-order chi connectivity index (χ0) is 13.4. The molecule has 6 bridgehead atoms. The van der Waals surface area contributed by atoms with Gasteiger partial charge in [0.1, 0.15) is 0 Å². The summed E-state index contributed by atoms with van der Waals surface area (Å²) in [5, 5.41) is 11.8. The summed E-state index contributed by atoms with van der Waals surface area (Å²) in [5.74, 6) is 5.14. The Kier molecular flexibility index (Phi) is 1.64. The van der Waals surface area contributed by atoms with Gasteiger partial charge in [-0.1, -0.05) is 53.2 Å². The Hall–Kier alpha value is -0.340. The van der Waals surface area contributed by atoms with Crippen LogP contribution in [0.1, 0.15) is 18.9 Å². The predicted molar refractivity (Wildman–Crippen MR) is 80.2 cm³/mol. The van der Waals surface area contributed by atoms with Gasteiger partial charge in [0.15, 0.2) is 0 Å². The molecule has 2 heteroatoms. The standard InChI is InChI=1S/C18H19BrO/c1-17-13-10-7-9-11(12(10)16(17)19)15(17)18(20,14(9)13)8-5-3-2-4-6-8/h2-6,9-16,20H,7H2,1H3/t9-,10+,11+,12-,13-,14+,15+,16-,17+,18-/m1/s1. The number of halogens is 1. The third-order valence-electron chi connectivity index (χ3n) is 8.21. The first-order valence-electron chi connectivity index (χ1n) is 8.03. The predicted octanol–water partition coefficient (Wildman–Crippen LogP) is 3.42. The zero-order valence-electron chi connectivity index (χ0n) is 11.5. The number of hydrogen-bond donors (Lipinski definition) is 1. The van der Waals surface area contributed by atoms with Gasteiger partial charge in [-0.2, -0.15) is 0 Å². The molecule has 0 saturated heterocycles. The van der Waals surface area contributed by atoms with Gasteiger partial charge in [0.2, 0.25) is 0 Å². The van der Waals surface area contributed by atoms with E-state index in [1.165, 1.54) is 12.0 Å². The monoisotopic (exact) mass is 330 g/mol. The molecule has 104 valence electrons. The van der Waals surface area contributed by atoms with Gasteiger partial charge in [-0.15, -0.1) is 0 Å². The molecule has 10 atom stereocenters. The van der Waals surface area contributed by atoms with E-state index in [1.54, 1.807) is 0 Å². The molecule has 0 spiro atoms. The molecular formula is C18H19BrO. The van der Waals surface area contributed by atoms with Crippen LogP contribution < -0.4 is 0 Å². The Balaban J connectivity index is 1.65. The fraction of sp³-hybridized carbons (Fsp3) is 0.667. The summed E-state index contributed by atoms with van der Waals surface area (Å²) < 4.78 is 0. The molecule has 0 aliphatic heterocycles. The van der Waals surface area contributed by atoms with Crippen LogP contribution in [0.5, 0.6) is 0 Å². The lowest BCUT2D eigenvalue weighted by molar-refractivity contribution is -0.0284. The molecule has 1 aromatic carbocycles. The third kappa shape index (κ3) is 0.772. The topological polar surface area (TPSA) is 20.2 Å². The molecule has 0 radical (unpaired) electrons. The molecule has 1 N–H and O–H groups in total. The second-order valence-electron chi connectivity index (χ2n) is 8.21. The first-order chi connectivity index (χ1) is 9.61. The van der Waals surface area contributed by atoms with E-state index < -0.39 is 5.60 Å². The van der Waals surface area contributed by atoms with Crippen molar-refractivity contribution in [3.8, 4) is 0 Å². The van der Waals surface area contributed by atoms with E-state index in [2.05, 4.69) is 53.2 Å². The first kappa shape index (κ1) is 11.3. The van der Waals surface area contributed by atoms with Crippen LogP contribution in [0, 0.1) is 46.8 Å². The summed E-state index contributed by atoms with van der Waals surface area (Å²) in [6.45, 7) is 2.48. The van der Waals surface area contributed by atoms with E-state index >= 15 is 0 Å². The quantitative estimate of drug-likeness (QED) is 0.782. The molecule has 0 heterocycles. The molecule has 1 nitrogen and oxygen atoms in total. The van der Waals surface area contributed by atoms with Crippen molar-refractivity contribution in [3.05, 3.63) is 35.9 Å². The largest absolute Gasteiger partial charge is 0.385 e. The first-order valence-corrected chi connectivity index (χ1v) is 8.94. The zero-order valence-corrected chi connectivity index (χ0v) is 13.1. The Morgan fingerprint density at radius 1 is 1.10 bits per heavy atom. The molecule has 7 rings (SSSR count). The van der Waals surface area contributed by atoms with Crippen LogP contribution >= 0.6 is 15.9 Å². The van der Waals surface area contributed by atoms with Crippen molar-refractivity contribution in [2.75, 3.05) is 0 Å². The second kappa shape index (κ2) is 2.92. The maximum absolute atomic E-state index is 11.8. The molecule has 0 amide bonds. The fourth-order valence-corrected chi connectivity index (χ4v) is 9.61. The van der Waals surface area contributed by atoms with Crippen molar-refractivity contribution in [3.63, 3.8) is 0 Å². The van der Waals surface area contributed by atoms with E-state index in [0.717, 1.165) is 29.6 Å². The van der Waals surface area contributed by atoms with Crippen molar-refractivity contribution in [2.24, 2.45) is 46.8 Å². The second-order valence-corrected chi connectivity index (χ2v) is 9.19. The summed E-state index contributed by atoms with van der Waals surface area (Å²) >= 11 is 4.06. The highest BCUT2D eigenvalue weighted by Crippen LogP contribution is 2.91. The van der Waals surface area contributed by atoms with Crippen LogP contribution in [0.2, 0.25) is 0 Å². The fourth-order valence-electron chi connectivity index (χ4n) is 8.28. The van der Waals surface area contributed by atoms with E-state index in [-0.39, 0.29) is 0 Å². The molecule has 20 heavy (non-hydrogen) atoms. The van der Waals surface area contributed by atoms with Crippen molar-refractivity contribution < 1.29 is 5.11 Å². The van der Waals surface area contributed by atoms with Crippen LogP contribution in [0.3, 0.4) is 0 Å². The number of alkyl halides is 1. The summed E-state index contributed by atoms with van der Waals surface area (Å²) in [4.78, 5) is 0.646. The average Bonchev–Trinajstić information content (AvgIpc) is 3.16. The highest BCUT2D eigenvalue weighted by molar-refractivity contribution is 9.09. The van der Waals surface area contributed by atoms with Gasteiger partial charge >= 0.3 is 0 Å². The smallest absolute Gasteiger partial charge is 0.0966 e. The number of hydrogen-bond acceptors (Lipinski definition) is 1. The molecule has 6 saturated carbocycles. The Bertz CT molecular complexity index is 628. The minimum Gasteiger partial charge on any atom is -0.385 e. The van der Waals surface area contributed by atoms with Gasteiger partial charge in [-0.05, 0) is 52.9 Å². The van der Waals surface area contributed by atoms with Crippen molar-refractivity contribution in [1.82, 2.24) is 0 Å². The summed E-state index contributed by atoms with van der Waals surface area (Å²) in [6.07, 6.45) is 1.40. The normalized spacial score (nSPS) is 67.0. The van der Waals surface area contributed by atoms with Crippen molar-refractivity contribution in [1.29, 1.82) is 0 Å². The van der Waals surface area contributed by atoms with E-state index in [0.29, 0.717) is 22.1 Å². The Morgan fingerprint density at radius 2 is 1.80 bits per heavy atom. The van der Waals surface area contributed by atoms with Gasteiger partial charge in [0, 0.05) is 10.7 Å². The average molecular weight is 331 g/mol.